The van der Waals surface area contributed by atoms with E-state index in [1.54, 1.807) is 11.1 Å². The van der Waals surface area contributed by atoms with Crippen LogP contribution in [0.4, 0.5) is 0 Å². The minimum Gasteiger partial charge on any atom is -0.441 e. The molecule has 0 aromatic rings. The van der Waals surface area contributed by atoms with Crippen LogP contribution in [0.2, 0.25) is 0 Å². The Kier molecular flexibility index (Phi) is 21.6. The second kappa shape index (κ2) is 23.7. The van der Waals surface area contributed by atoms with Crippen molar-refractivity contribution in [3.05, 3.63) is 0 Å². The number of unbranched alkanes of at least 4 members (excludes halogenated alkanes) is 18. The van der Waals surface area contributed by atoms with E-state index in [0.29, 0.717) is 19.4 Å². The predicted molar refractivity (Wildman–Crippen MR) is 157 cm³/mol. The first-order valence-electron chi connectivity index (χ1n) is 16.1. The molecule has 2 unspecified atom stereocenters. The number of esters is 1. The molecule has 0 N–H and O–H groups in total. The Labute approximate surface area is 229 Å². The molecule has 0 aromatic carbocycles. The third-order valence-corrected chi connectivity index (χ3v) is 7.64. The lowest BCUT2D eigenvalue weighted by atomic mass is 10.0. The maximum absolute atomic E-state index is 12.7. The lowest BCUT2D eigenvalue weighted by Crippen LogP contribution is -2.46. The zero-order valence-electron chi connectivity index (χ0n) is 24.8. The third-order valence-electron chi connectivity index (χ3n) is 7.64. The van der Waals surface area contributed by atoms with Crippen LogP contribution < -0.4 is 0 Å². The molecule has 1 amide bonds. The van der Waals surface area contributed by atoms with Gasteiger partial charge in [-0.2, -0.15) is 0 Å². The zero-order chi connectivity index (χ0) is 27.0. The van der Waals surface area contributed by atoms with Gasteiger partial charge in [0.2, 0.25) is 5.91 Å². The van der Waals surface area contributed by atoms with Gasteiger partial charge in [-0.15, -0.1) is 0 Å². The summed E-state index contributed by atoms with van der Waals surface area (Å²) in [5, 5.41) is 0. The van der Waals surface area contributed by atoms with E-state index in [9.17, 15) is 9.59 Å². The van der Waals surface area contributed by atoms with Gasteiger partial charge >= 0.3 is 5.97 Å². The van der Waals surface area contributed by atoms with Crippen molar-refractivity contribution in [3.8, 4) is 0 Å². The molecule has 5 heteroatoms. The Hall–Kier alpha value is -1.39. The van der Waals surface area contributed by atoms with Gasteiger partial charge in [-0.3, -0.25) is 14.6 Å². The monoisotopic (exact) mass is 520 g/mol. The molecule has 0 spiro atoms. The summed E-state index contributed by atoms with van der Waals surface area (Å²) in [7, 11) is 0. The normalized spacial score (nSPS) is 17.9. The van der Waals surface area contributed by atoms with Gasteiger partial charge in [0.15, 0.2) is 6.23 Å². The van der Waals surface area contributed by atoms with Gasteiger partial charge < -0.3 is 9.64 Å². The van der Waals surface area contributed by atoms with Crippen molar-refractivity contribution in [2.45, 2.75) is 168 Å². The first-order chi connectivity index (χ1) is 18.1. The minimum atomic E-state index is -0.450. The van der Waals surface area contributed by atoms with Gasteiger partial charge in [-0.05, 0) is 19.8 Å². The maximum atomic E-state index is 12.7. The van der Waals surface area contributed by atoms with E-state index in [0.717, 1.165) is 25.8 Å². The van der Waals surface area contributed by atoms with Gasteiger partial charge in [0.1, 0.15) is 0 Å². The SMILES string of the molecule is CCCCCCCCCCCCCCCCCCCCCC(=O)OC(CC)N1CCC/N=C\C(C)C1=O. The fourth-order valence-electron chi connectivity index (χ4n) is 5.21. The van der Waals surface area contributed by atoms with Crippen LogP contribution in [-0.2, 0) is 14.3 Å². The Morgan fingerprint density at radius 1 is 0.838 bits per heavy atom. The number of hydrogen-bond donors (Lipinski definition) is 0. The van der Waals surface area contributed by atoms with E-state index < -0.39 is 6.23 Å². The van der Waals surface area contributed by atoms with Gasteiger partial charge in [-0.1, -0.05) is 129 Å². The van der Waals surface area contributed by atoms with Crippen LogP contribution in [0.25, 0.3) is 0 Å². The van der Waals surface area contributed by atoms with E-state index in [4.69, 9.17) is 4.74 Å². The van der Waals surface area contributed by atoms with Crippen molar-refractivity contribution in [1.29, 1.82) is 0 Å². The van der Waals surface area contributed by atoms with E-state index in [1.165, 1.54) is 109 Å². The van der Waals surface area contributed by atoms with E-state index in [2.05, 4.69) is 11.9 Å². The molecule has 0 aliphatic carbocycles. The number of amides is 1. The highest BCUT2D eigenvalue weighted by Gasteiger charge is 2.28. The molecule has 0 radical (unpaired) electrons. The van der Waals surface area contributed by atoms with Gasteiger partial charge in [0.05, 0.1) is 5.92 Å². The van der Waals surface area contributed by atoms with Crippen LogP contribution in [0.1, 0.15) is 162 Å². The van der Waals surface area contributed by atoms with Crippen molar-refractivity contribution < 1.29 is 14.3 Å². The first-order valence-corrected chi connectivity index (χ1v) is 16.1. The van der Waals surface area contributed by atoms with Crippen LogP contribution in [0.3, 0.4) is 0 Å². The molecule has 0 saturated carbocycles. The van der Waals surface area contributed by atoms with Crippen LogP contribution in [0.5, 0.6) is 0 Å². The summed E-state index contributed by atoms with van der Waals surface area (Å²) in [6.07, 6.45) is 28.7. The summed E-state index contributed by atoms with van der Waals surface area (Å²) in [5.74, 6) is -0.422. The predicted octanol–water partition coefficient (Wildman–Crippen LogP) is 9.03. The van der Waals surface area contributed by atoms with Crippen molar-refractivity contribution in [2.75, 3.05) is 13.1 Å². The molecule has 37 heavy (non-hydrogen) atoms. The van der Waals surface area contributed by atoms with Gasteiger partial charge in [0, 0.05) is 32.1 Å². The number of rotatable bonds is 23. The summed E-state index contributed by atoms with van der Waals surface area (Å²) in [6.45, 7) is 7.44. The highest BCUT2D eigenvalue weighted by Crippen LogP contribution is 2.17. The number of aliphatic imine (C=N–C) groups is 1. The Morgan fingerprint density at radius 2 is 1.30 bits per heavy atom. The Balaban J connectivity index is 1.94. The average molecular weight is 521 g/mol. The smallest absolute Gasteiger partial charge is 0.307 e. The average Bonchev–Trinajstić information content (AvgIpc) is 2.89. The largest absolute Gasteiger partial charge is 0.441 e. The molecule has 0 aromatic heterocycles. The minimum absolute atomic E-state index is 0.00611. The fraction of sp³-hybridized carbons (Fsp3) is 0.906. The lowest BCUT2D eigenvalue weighted by molar-refractivity contribution is -0.166. The highest BCUT2D eigenvalue weighted by molar-refractivity contribution is 5.93. The van der Waals surface area contributed by atoms with E-state index in [1.807, 2.05) is 13.8 Å². The lowest BCUT2D eigenvalue weighted by Gasteiger charge is -2.32. The molecule has 1 rings (SSSR count). The number of nitrogens with zero attached hydrogens (tertiary/aromatic N) is 2. The molecule has 0 bridgehead atoms. The Morgan fingerprint density at radius 3 is 1.76 bits per heavy atom. The van der Waals surface area contributed by atoms with Crippen molar-refractivity contribution in [3.63, 3.8) is 0 Å². The van der Waals surface area contributed by atoms with Crippen LogP contribution in [-0.4, -0.2) is 42.3 Å². The molecule has 0 saturated heterocycles. The van der Waals surface area contributed by atoms with Crippen LogP contribution in [0, 0.1) is 5.92 Å². The molecule has 1 aliphatic rings. The standard InChI is InChI=1S/C32H60N2O3/c1-4-6-7-8-9-10-11-12-13-14-15-16-17-18-19-20-21-22-23-25-31(35)37-30(5-2)34-27-24-26-33-28-29(3)32(34)36/h28-30H,4-27H2,1-3H3/b33-28-. The van der Waals surface area contributed by atoms with Gasteiger partial charge in [-0.25, -0.2) is 0 Å². The quantitative estimate of drug-likeness (QED) is 0.0997. The zero-order valence-corrected chi connectivity index (χ0v) is 24.8. The van der Waals surface area contributed by atoms with E-state index >= 15 is 0 Å². The maximum Gasteiger partial charge on any atom is 0.307 e. The second-order valence-electron chi connectivity index (χ2n) is 11.2. The molecule has 216 valence electrons. The summed E-state index contributed by atoms with van der Waals surface area (Å²) >= 11 is 0. The number of ether oxygens (including phenoxy) is 1. The van der Waals surface area contributed by atoms with Crippen molar-refractivity contribution in [1.82, 2.24) is 4.90 Å². The number of carbonyl (C=O) groups excluding carboxylic acids is 2. The third kappa shape index (κ3) is 17.7. The molecular weight excluding hydrogens is 460 g/mol. The van der Waals surface area contributed by atoms with Crippen LogP contribution >= 0.6 is 0 Å². The molecule has 5 nitrogen and oxygen atoms in total. The second-order valence-corrected chi connectivity index (χ2v) is 11.2. The fourth-order valence-corrected chi connectivity index (χ4v) is 5.21. The van der Waals surface area contributed by atoms with Crippen molar-refractivity contribution in [2.24, 2.45) is 10.9 Å². The number of carbonyl (C=O) groups is 2. The molecule has 0 fully saturated rings. The molecular formula is C32H60N2O3. The first kappa shape index (κ1) is 33.6. The molecule has 1 heterocycles. The summed E-state index contributed by atoms with van der Waals surface area (Å²) in [6, 6.07) is 0. The highest BCUT2D eigenvalue weighted by atomic mass is 16.6. The topological polar surface area (TPSA) is 59.0 Å². The summed E-state index contributed by atoms with van der Waals surface area (Å²) in [5.41, 5.74) is 0. The molecule has 2 atom stereocenters. The number of hydrogen-bond acceptors (Lipinski definition) is 4. The molecule has 1 aliphatic heterocycles. The Bertz CT molecular complexity index is 593. The van der Waals surface area contributed by atoms with E-state index in [-0.39, 0.29) is 17.8 Å². The van der Waals surface area contributed by atoms with Gasteiger partial charge in [0.25, 0.3) is 0 Å². The van der Waals surface area contributed by atoms with Crippen LogP contribution in [0.15, 0.2) is 4.99 Å². The summed E-state index contributed by atoms with van der Waals surface area (Å²) in [4.78, 5) is 31.1. The summed E-state index contributed by atoms with van der Waals surface area (Å²) < 4.78 is 5.71. The van der Waals surface area contributed by atoms with Crippen molar-refractivity contribution >= 4 is 18.1 Å².